The molecule has 0 aliphatic carbocycles. The van der Waals surface area contributed by atoms with E-state index in [1.54, 1.807) is 0 Å². The van der Waals surface area contributed by atoms with E-state index in [4.69, 9.17) is 10.5 Å². The molecule has 20 heavy (non-hydrogen) atoms. The number of para-hydroxylation sites is 1. The van der Waals surface area contributed by atoms with Crippen LogP contribution < -0.4 is 10.5 Å². The van der Waals surface area contributed by atoms with Gasteiger partial charge < -0.3 is 15.5 Å². The van der Waals surface area contributed by atoms with Gasteiger partial charge in [0.15, 0.2) is 0 Å². The molecule has 3 aromatic rings. The van der Waals surface area contributed by atoms with E-state index in [2.05, 4.69) is 47.4 Å². The zero-order chi connectivity index (χ0) is 13.5. The van der Waals surface area contributed by atoms with Crippen molar-refractivity contribution in [3.05, 3.63) is 54.2 Å². The number of nitrogens with one attached hydrogen (secondary N) is 1. The van der Waals surface area contributed by atoms with E-state index < -0.39 is 0 Å². The first kappa shape index (κ1) is 11.6. The summed E-state index contributed by atoms with van der Waals surface area (Å²) in [5.74, 6) is 0.997. The lowest BCUT2D eigenvalue weighted by atomic mass is 9.98. The molecule has 1 aliphatic rings. The van der Waals surface area contributed by atoms with Crippen LogP contribution in [0.15, 0.2) is 48.7 Å². The van der Waals surface area contributed by atoms with Crippen LogP contribution in [0.1, 0.15) is 5.56 Å². The van der Waals surface area contributed by atoms with Gasteiger partial charge >= 0.3 is 0 Å². The zero-order valence-corrected chi connectivity index (χ0v) is 11.1. The molecule has 0 fully saturated rings. The molecule has 4 rings (SSSR count). The van der Waals surface area contributed by atoms with Gasteiger partial charge in [-0.25, -0.2) is 0 Å². The fourth-order valence-corrected chi connectivity index (χ4v) is 3.00. The number of hydrogen-bond acceptors (Lipinski definition) is 2. The Morgan fingerprint density at radius 3 is 2.85 bits per heavy atom. The van der Waals surface area contributed by atoms with Crippen LogP contribution >= 0.6 is 0 Å². The van der Waals surface area contributed by atoms with E-state index in [-0.39, 0.29) is 6.10 Å². The largest absolute Gasteiger partial charge is 0.488 e. The first-order chi connectivity index (χ1) is 9.86. The molecular formula is C17H16N2O. The van der Waals surface area contributed by atoms with Crippen molar-refractivity contribution in [2.45, 2.75) is 12.5 Å². The second-order valence-electron chi connectivity index (χ2n) is 5.22. The summed E-state index contributed by atoms with van der Waals surface area (Å²) in [5, 5.41) is 1.22. The monoisotopic (exact) mass is 264 g/mol. The first-order valence-corrected chi connectivity index (χ1v) is 6.92. The summed E-state index contributed by atoms with van der Waals surface area (Å²) in [4.78, 5) is 3.26. The normalized spacial score (nSPS) is 17.1. The first-order valence-electron chi connectivity index (χ1n) is 6.92. The van der Waals surface area contributed by atoms with Gasteiger partial charge in [-0.15, -0.1) is 0 Å². The Bertz CT molecular complexity index is 776. The van der Waals surface area contributed by atoms with Crippen LogP contribution in [0.3, 0.4) is 0 Å². The van der Waals surface area contributed by atoms with Crippen LogP contribution in [-0.4, -0.2) is 17.6 Å². The highest BCUT2D eigenvalue weighted by atomic mass is 16.5. The van der Waals surface area contributed by atoms with Crippen molar-refractivity contribution in [1.29, 1.82) is 0 Å². The Kier molecular flexibility index (Phi) is 2.54. The molecule has 0 radical (unpaired) electrons. The quantitative estimate of drug-likeness (QED) is 0.747. The standard InChI is InChI=1S/C17H16N2O/c18-10-12-9-11-3-1-5-15(17(11)20-12)13-4-2-6-16-14(13)7-8-19-16/h1-8,12,19H,9-10,18H2. The molecule has 0 amide bonds. The molecule has 3 heteroatoms. The molecular weight excluding hydrogens is 248 g/mol. The molecule has 3 N–H and O–H groups in total. The van der Waals surface area contributed by atoms with Crippen LogP contribution in [-0.2, 0) is 6.42 Å². The van der Waals surface area contributed by atoms with E-state index in [0.717, 1.165) is 23.3 Å². The van der Waals surface area contributed by atoms with Gasteiger partial charge in [-0.1, -0.05) is 30.3 Å². The lowest BCUT2D eigenvalue weighted by Gasteiger charge is -2.11. The second kappa shape index (κ2) is 4.39. The molecule has 1 aromatic heterocycles. The minimum atomic E-state index is 0.108. The number of hydrogen-bond donors (Lipinski definition) is 2. The molecule has 1 aliphatic heterocycles. The molecule has 3 nitrogen and oxygen atoms in total. The predicted octanol–water partition coefficient (Wildman–Crippen LogP) is 3.10. The Morgan fingerprint density at radius 2 is 1.95 bits per heavy atom. The topological polar surface area (TPSA) is 51.0 Å². The number of ether oxygens (including phenoxy) is 1. The highest BCUT2D eigenvalue weighted by molar-refractivity contribution is 5.96. The van der Waals surface area contributed by atoms with Crippen LogP contribution in [0, 0.1) is 0 Å². The average Bonchev–Trinajstić information content (AvgIpc) is 3.12. The summed E-state index contributed by atoms with van der Waals surface area (Å²) in [6.07, 6.45) is 2.99. The van der Waals surface area contributed by atoms with Gasteiger partial charge in [0.1, 0.15) is 11.9 Å². The maximum absolute atomic E-state index is 6.03. The van der Waals surface area contributed by atoms with E-state index >= 15 is 0 Å². The van der Waals surface area contributed by atoms with Gasteiger partial charge in [0.05, 0.1) is 0 Å². The summed E-state index contributed by atoms with van der Waals surface area (Å²) in [5.41, 5.74) is 10.5. The van der Waals surface area contributed by atoms with E-state index in [9.17, 15) is 0 Å². The number of H-pyrrole nitrogens is 1. The van der Waals surface area contributed by atoms with Crippen molar-refractivity contribution in [2.75, 3.05) is 6.54 Å². The SMILES string of the molecule is NCC1Cc2cccc(-c3cccc4[nH]ccc34)c2O1. The Morgan fingerprint density at radius 1 is 1.10 bits per heavy atom. The third kappa shape index (κ3) is 1.63. The maximum Gasteiger partial charge on any atom is 0.130 e. The summed E-state index contributed by atoms with van der Waals surface area (Å²) >= 11 is 0. The molecule has 2 heterocycles. The lowest BCUT2D eigenvalue weighted by Crippen LogP contribution is -2.24. The smallest absolute Gasteiger partial charge is 0.130 e. The van der Waals surface area contributed by atoms with Gasteiger partial charge in [-0.3, -0.25) is 0 Å². The number of benzene rings is 2. The van der Waals surface area contributed by atoms with Crippen molar-refractivity contribution in [3.63, 3.8) is 0 Å². The summed E-state index contributed by atoms with van der Waals surface area (Å²) in [6, 6.07) is 14.8. The van der Waals surface area contributed by atoms with Crippen LogP contribution in [0.5, 0.6) is 5.75 Å². The summed E-state index contributed by atoms with van der Waals surface area (Å²) < 4.78 is 6.03. The predicted molar refractivity (Wildman–Crippen MR) is 80.9 cm³/mol. The fraction of sp³-hybridized carbons (Fsp3) is 0.176. The number of fused-ring (bicyclic) bond motifs is 2. The van der Waals surface area contributed by atoms with Crippen molar-refractivity contribution < 1.29 is 4.74 Å². The Balaban J connectivity index is 1.92. The molecule has 0 spiro atoms. The minimum absolute atomic E-state index is 0.108. The average molecular weight is 264 g/mol. The van der Waals surface area contributed by atoms with E-state index in [1.807, 2.05) is 6.20 Å². The maximum atomic E-state index is 6.03. The summed E-state index contributed by atoms with van der Waals surface area (Å²) in [6.45, 7) is 0.558. The second-order valence-corrected chi connectivity index (χ2v) is 5.22. The van der Waals surface area contributed by atoms with Crippen LogP contribution in [0.4, 0.5) is 0 Å². The van der Waals surface area contributed by atoms with Crippen LogP contribution in [0.25, 0.3) is 22.0 Å². The number of nitrogens with two attached hydrogens (primary N) is 1. The lowest BCUT2D eigenvalue weighted by molar-refractivity contribution is 0.242. The third-order valence-electron chi connectivity index (χ3n) is 3.98. The fourth-order valence-electron chi connectivity index (χ4n) is 3.00. The van der Waals surface area contributed by atoms with Crippen LogP contribution in [0.2, 0.25) is 0 Å². The highest BCUT2D eigenvalue weighted by Crippen LogP contribution is 2.40. The molecule has 0 bridgehead atoms. The van der Waals surface area contributed by atoms with Crippen molar-refractivity contribution in [1.82, 2.24) is 4.98 Å². The van der Waals surface area contributed by atoms with Gasteiger partial charge in [-0.05, 0) is 23.3 Å². The molecule has 2 aromatic carbocycles. The number of rotatable bonds is 2. The van der Waals surface area contributed by atoms with Gasteiger partial charge in [0.2, 0.25) is 0 Å². The number of aromatic nitrogens is 1. The molecule has 1 unspecified atom stereocenters. The van der Waals surface area contributed by atoms with Gasteiger partial charge in [-0.2, -0.15) is 0 Å². The van der Waals surface area contributed by atoms with E-state index in [0.29, 0.717) is 6.54 Å². The Labute approximate surface area is 117 Å². The molecule has 0 saturated heterocycles. The van der Waals surface area contributed by atoms with Crippen molar-refractivity contribution in [2.24, 2.45) is 5.73 Å². The van der Waals surface area contributed by atoms with Crippen molar-refractivity contribution in [3.8, 4) is 16.9 Å². The van der Waals surface area contributed by atoms with E-state index in [1.165, 1.54) is 16.5 Å². The molecule has 100 valence electrons. The zero-order valence-electron chi connectivity index (χ0n) is 11.1. The minimum Gasteiger partial charge on any atom is -0.488 e. The highest BCUT2D eigenvalue weighted by Gasteiger charge is 2.25. The Hall–Kier alpha value is -2.26. The summed E-state index contributed by atoms with van der Waals surface area (Å²) in [7, 11) is 0. The number of aromatic amines is 1. The molecule has 0 saturated carbocycles. The van der Waals surface area contributed by atoms with Crippen molar-refractivity contribution >= 4 is 10.9 Å². The molecule has 1 atom stereocenters. The third-order valence-corrected chi connectivity index (χ3v) is 3.98. The van der Waals surface area contributed by atoms with Gasteiger partial charge in [0.25, 0.3) is 0 Å². The van der Waals surface area contributed by atoms with Gasteiger partial charge in [0, 0.05) is 35.6 Å².